The number of piperidine rings is 1. The standard InChI is InChI=1S/C15H23N3O/c1-10-5-7-14(17-16)13(8-10)15(19)18-9-11(2)4-6-12(18)3/h5,7-8,11-12,17H,4,6,9,16H2,1-3H3. The number of hydrogen-bond acceptors (Lipinski definition) is 3. The van der Waals surface area contributed by atoms with Gasteiger partial charge in [0.2, 0.25) is 0 Å². The van der Waals surface area contributed by atoms with Crippen molar-refractivity contribution in [2.75, 3.05) is 12.0 Å². The zero-order chi connectivity index (χ0) is 14.0. The zero-order valence-corrected chi connectivity index (χ0v) is 11.9. The van der Waals surface area contributed by atoms with Gasteiger partial charge in [0, 0.05) is 12.6 Å². The van der Waals surface area contributed by atoms with Crippen LogP contribution >= 0.6 is 0 Å². The molecule has 1 aliphatic heterocycles. The number of carbonyl (C=O) groups is 1. The minimum Gasteiger partial charge on any atom is -0.336 e. The first-order chi connectivity index (χ1) is 9.02. The second-order valence-electron chi connectivity index (χ2n) is 5.68. The van der Waals surface area contributed by atoms with Crippen molar-refractivity contribution in [2.45, 2.75) is 39.7 Å². The van der Waals surface area contributed by atoms with E-state index in [4.69, 9.17) is 5.84 Å². The van der Waals surface area contributed by atoms with Crippen molar-refractivity contribution >= 4 is 11.6 Å². The van der Waals surface area contributed by atoms with Gasteiger partial charge in [0.1, 0.15) is 0 Å². The fourth-order valence-corrected chi connectivity index (χ4v) is 2.69. The van der Waals surface area contributed by atoms with E-state index < -0.39 is 0 Å². The minimum absolute atomic E-state index is 0.0794. The average molecular weight is 261 g/mol. The van der Waals surface area contributed by atoms with E-state index in [0.717, 1.165) is 18.5 Å². The summed E-state index contributed by atoms with van der Waals surface area (Å²) in [5, 5.41) is 0. The number of carbonyl (C=O) groups excluding carboxylic acids is 1. The lowest BCUT2D eigenvalue weighted by Gasteiger charge is -2.37. The maximum atomic E-state index is 12.7. The number of nitrogens with one attached hydrogen (secondary N) is 1. The second kappa shape index (κ2) is 5.61. The van der Waals surface area contributed by atoms with Crippen LogP contribution in [0.2, 0.25) is 0 Å². The molecule has 2 rings (SSSR count). The van der Waals surface area contributed by atoms with Gasteiger partial charge < -0.3 is 10.3 Å². The third-order valence-corrected chi connectivity index (χ3v) is 3.94. The number of nitrogens with zero attached hydrogens (tertiary/aromatic N) is 1. The summed E-state index contributed by atoms with van der Waals surface area (Å²) in [6.07, 6.45) is 2.27. The fraction of sp³-hybridized carbons (Fsp3) is 0.533. The lowest BCUT2D eigenvalue weighted by molar-refractivity contribution is 0.0575. The summed E-state index contributed by atoms with van der Waals surface area (Å²) in [6, 6.07) is 6.02. The number of aryl methyl sites for hydroxylation is 1. The van der Waals surface area contributed by atoms with E-state index in [1.54, 1.807) is 0 Å². The molecule has 3 N–H and O–H groups in total. The van der Waals surface area contributed by atoms with Gasteiger partial charge in [0.15, 0.2) is 0 Å². The second-order valence-corrected chi connectivity index (χ2v) is 5.68. The molecule has 1 amide bonds. The largest absolute Gasteiger partial charge is 0.336 e. The van der Waals surface area contributed by atoms with Crippen molar-refractivity contribution in [3.8, 4) is 0 Å². The van der Waals surface area contributed by atoms with E-state index in [9.17, 15) is 4.79 Å². The van der Waals surface area contributed by atoms with Crippen LogP contribution in [0.25, 0.3) is 0 Å². The number of likely N-dealkylation sites (tertiary alicyclic amines) is 1. The molecule has 1 fully saturated rings. The van der Waals surface area contributed by atoms with E-state index in [0.29, 0.717) is 23.2 Å². The molecule has 2 atom stereocenters. The molecule has 0 saturated carbocycles. The number of hydrazine groups is 1. The van der Waals surface area contributed by atoms with Gasteiger partial charge in [-0.2, -0.15) is 0 Å². The molecule has 1 aliphatic rings. The maximum absolute atomic E-state index is 12.7. The molecule has 1 saturated heterocycles. The van der Waals surface area contributed by atoms with Gasteiger partial charge in [-0.05, 0) is 44.7 Å². The highest BCUT2D eigenvalue weighted by Gasteiger charge is 2.28. The van der Waals surface area contributed by atoms with E-state index in [2.05, 4.69) is 19.3 Å². The summed E-state index contributed by atoms with van der Waals surface area (Å²) in [6.45, 7) is 7.14. The first-order valence-corrected chi connectivity index (χ1v) is 6.91. The van der Waals surface area contributed by atoms with Gasteiger partial charge in [-0.15, -0.1) is 0 Å². The average Bonchev–Trinajstić information content (AvgIpc) is 2.40. The summed E-state index contributed by atoms with van der Waals surface area (Å²) >= 11 is 0. The Morgan fingerprint density at radius 2 is 2.11 bits per heavy atom. The molecule has 19 heavy (non-hydrogen) atoms. The number of nitrogens with two attached hydrogens (primary N) is 1. The normalized spacial score (nSPS) is 23.3. The zero-order valence-electron chi connectivity index (χ0n) is 11.9. The van der Waals surface area contributed by atoms with E-state index in [-0.39, 0.29) is 5.91 Å². The topological polar surface area (TPSA) is 58.4 Å². The number of rotatable bonds is 2. The van der Waals surface area contributed by atoms with Gasteiger partial charge >= 0.3 is 0 Å². The predicted octanol–water partition coefficient (Wildman–Crippen LogP) is 2.54. The van der Waals surface area contributed by atoms with Crippen LogP contribution in [0.15, 0.2) is 18.2 Å². The van der Waals surface area contributed by atoms with Crippen LogP contribution in [-0.2, 0) is 0 Å². The van der Waals surface area contributed by atoms with Crippen LogP contribution in [-0.4, -0.2) is 23.4 Å². The third kappa shape index (κ3) is 2.89. The van der Waals surface area contributed by atoms with E-state index >= 15 is 0 Å². The molecule has 0 bridgehead atoms. The lowest BCUT2D eigenvalue weighted by Crippen LogP contribution is -2.45. The lowest BCUT2D eigenvalue weighted by atomic mass is 9.94. The SMILES string of the molecule is Cc1ccc(NN)c(C(=O)N2CC(C)CCC2C)c1. The number of nitrogen functional groups attached to an aromatic ring is 1. The van der Waals surface area contributed by atoms with Crippen LogP contribution in [0, 0.1) is 12.8 Å². The van der Waals surface area contributed by atoms with Crippen molar-refractivity contribution < 1.29 is 4.79 Å². The molecule has 104 valence electrons. The first-order valence-electron chi connectivity index (χ1n) is 6.91. The van der Waals surface area contributed by atoms with Crippen molar-refractivity contribution in [1.29, 1.82) is 0 Å². The Morgan fingerprint density at radius 1 is 1.37 bits per heavy atom. The van der Waals surface area contributed by atoms with E-state index in [1.165, 1.54) is 6.42 Å². The summed E-state index contributed by atoms with van der Waals surface area (Å²) in [7, 11) is 0. The molecule has 2 unspecified atom stereocenters. The Balaban J connectivity index is 2.30. The van der Waals surface area contributed by atoms with Crippen molar-refractivity contribution in [1.82, 2.24) is 4.90 Å². The molecule has 4 heteroatoms. The Bertz CT molecular complexity index is 472. The summed E-state index contributed by atoms with van der Waals surface area (Å²) in [5.41, 5.74) is 5.06. The van der Waals surface area contributed by atoms with Gasteiger partial charge in [-0.25, -0.2) is 0 Å². The molecule has 1 aromatic rings. The highest BCUT2D eigenvalue weighted by atomic mass is 16.2. The van der Waals surface area contributed by atoms with Crippen molar-refractivity contribution in [3.05, 3.63) is 29.3 Å². The molecule has 1 aromatic carbocycles. The molecular formula is C15H23N3O. The molecule has 0 aliphatic carbocycles. The smallest absolute Gasteiger partial charge is 0.256 e. The molecule has 0 aromatic heterocycles. The highest BCUT2D eigenvalue weighted by molar-refractivity contribution is 6.00. The van der Waals surface area contributed by atoms with Crippen LogP contribution in [0.4, 0.5) is 5.69 Å². The first kappa shape index (κ1) is 13.9. The number of anilines is 1. The summed E-state index contributed by atoms with van der Waals surface area (Å²) in [5.74, 6) is 6.16. The van der Waals surface area contributed by atoms with Crippen molar-refractivity contribution in [3.63, 3.8) is 0 Å². The van der Waals surface area contributed by atoms with Crippen molar-refractivity contribution in [2.24, 2.45) is 11.8 Å². The van der Waals surface area contributed by atoms with Gasteiger partial charge in [-0.3, -0.25) is 10.6 Å². The molecule has 0 spiro atoms. The van der Waals surface area contributed by atoms with Crippen LogP contribution in [0.3, 0.4) is 0 Å². The number of benzene rings is 1. The molecule has 0 radical (unpaired) electrons. The Morgan fingerprint density at radius 3 is 2.79 bits per heavy atom. The third-order valence-electron chi connectivity index (χ3n) is 3.94. The fourth-order valence-electron chi connectivity index (χ4n) is 2.69. The Hall–Kier alpha value is -1.55. The number of amides is 1. The van der Waals surface area contributed by atoms with Gasteiger partial charge in [0.25, 0.3) is 5.91 Å². The predicted molar refractivity (Wildman–Crippen MR) is 77.9 cm³/mol. The van der Waals surface area contributed by atoms with E-state index in [1.807, 2.05) is 30.0 Å². The van der Waals surface area contributed by atoms with Gasteiger partial charge in [-0.1, -0.05) is 18.6 Å². The Kier molecular flexibility index (Phi) is 4.10. The van der Waals surface area contributed by atoms with Crippen LogP contribution < -0.4 is 11.3 Å². The molecular weight excluding hydrogens is 238 g/mol. The molecule has 1 heterocycles. The summed E-state index contributed by atoms with van der Waals surface area (Å²) < 4.78 is 0. The molecule has 4 nitrogen and oxygen atoms in total. The van der Waals surface area contributed by atoms with Crippen LogP contribution in [0.5, 0.6) is 0 Å². The number of hydrogen-bond donors (Lipinski definition) is 2. The monoisotopic (exact) mass is 261 g/mol. The maximum Gasteiger partial charge on any atom is 0.256 e. The van der Waals surface area contributed by atoms with Gasteiger partial charge in [0.05, 0.1) is 11.3 Å². The minimum atomic E-state index is 0.0794. The summed E-state index contributed by atoms with van der Waals surface area (Å²) in [4.78, 5) is 14.7. The highest BCUT2D eigenvalue weighted by Crippen LogP contribution is 2.26. The quantitative estimate of drug-likeness (QED) is 0.635. The Labute approximate surface area is 114 Å². The van der Waals surface area contributed by atoms with Crippen LogP contribution in [0.1, 0.15) is 42.6 Å².